The van der Waals surface area contributed by atoms with E-state index >= 15 is 0 Å². The fraction of sp³-hybridized carbons (Fsp3) is 0.333. The molecule has 1 atom stereocenters. The zero-order valence-electron chi connectivity index (χ0n) is 10.7. The summed E-state index contributed by atoms with van der Waals surface area (Å²) in [6.07, 6.45) is -0.00969. The van der Waals surface area contributed by atoms with Crippen molar-refractivity contribution >= 4 is 21.8 Å². The number of rotatable bonds is 5. The summed E-state index contributed by atoms with van der Waals surface area (Å²) in [5, 5.41) is 16.2. The Morgan fingerprint density at radius 3 is 3.05 bits per heavy atom. The standard InChI is InChI=1S/C12H13BrFN5O/c1-7(12-16-18-19-17-12)6-15-11(20)5-8-4-9(13)2-3-10(8)14/h2-4,7H,5-6H2,1H3,(H,15,20)(H,16,17,18,19)/t7-/m0/s1. The van der Waals surface area contributed by atoms with Crippen molar-refractivity contribution in [3.05, 3.63) is 39.9 Å². The van der Waals surface area contributed by atoms with Crippen LogP contribution in [0.15, 0.2) is 22.7 Å². The topological polar surface area (TPSA) is 83.6 Å². The van der Waals surface area contributed by atoms with Crippen LogP contribution in [-0.2, 0) is 11.2 Å². The molecule has 0 aliphatic rings. The molecule has 0 saturated heterocycles. The van der Waals surface area contributed by atoms with E-state index in [1.54, 1.807) is 12.1 Å². The van der Waals surface area contributed by atoms with E-state index in [0.717, 1.165) is 4.47 Å². The van der Waals surface area contributed by atoms with Crippen molar-refractivity contribution < 1.29 is 9.18 Å². The largest absolute Gasteiger partial charge is 0.355 e. The molecule has 2 N–H and O–H groups in total. The maximum atomic E-state index is 13.5. The number of halogens is 2. The average Bonchev–Trinajstić information content (AvgIpc) is 2.94. The van der Waals surface area contributed by atoms with Gasteiger partial charge in [-0.25, -0.2) is 4.39 Å². The Balaban J connectivity index is 1.88. The first kappa shape index (κ1) is 14.6. The van der Waals surface area contributed by atoms with Gasteiger partial charge in [-0.1, -0.05) is 28.1 Å². The maximum absolute atomic E-state index is 13.5. The van der Waals surface area contributed by atoms with Gasteiger partial charge in [-0.2, -0.15) is 5.21 Å². The van der Waals surface area contributed by atoms with Crippen molar-refractivity contribution in [3.63, 3.8) is 0 Å². The molecule has 0 bridgehead atoms. The van der Waals surface area contributed by atoms with Gasteiger partial charge in [-0.15, -0.1) is 10.2 Å². The number of aromatic nitrogens is 4. The number of nitrogens with zero attached hydrogens (tertiary/aromatic N) is 3. The van der Waals surface area contributed by atoms with Crippen molar-refractivity contribution in [1.29, 1.82) is 0 Å². The minimum absolute atomic E-state index is 0.00969. The Morgan fingerprint density at radius 2 is 2.35 bits per heavy atom. The summed E-state index contributed by atoms with van der Waals surface area (Å²) < 4.78 is 14.3. The first-order chi connectivity index (χ1) is 9.56. The molecule has 1 aromatic carbocycles. The third kappa shape index (κ3) is 3.83. The van der Waals surface area contributed by atoms with Crippen LogP contribution in [-0.4, -0.2) is 33.1 Å². The Kier molecular flexibility index (Phi) is 4.78. The van der Waals surface area contributed by atoms with E-state index in [-0.39, 0.29) is 18.2 Å². The SMILES string of the molecule is C[C@@H](CNC(=O)Cc1cc(Br)ccc1F)c1nn[nH]n1. The van der Waals surface area contributed by atoms with E-state index in [1.807, 2.05) is 6.92 Å². The van der Waals surface area contributed by atoms with E-state index < -0.39 is 5.82 Å². The van der Waals surface area contributed by atoms with Crippen LogP contribution in [0.5, 0.6) is 0 Å². The normalized spacial score (nSPS) is 12.2. The first-order valence-electron chi connectivity index (χ1n) is 6.00. The van der Waals surface area contributed by atoms with Gasteiger partial charge in [0.05, 0.1) is 6.42 Å². The minimum atomic E-state index is -0.394. The highest BCUT2D eigenvalue weighted by atomic mass is 79.9. The van der Waals surface area contributed by atoms with Crippen molar-refractivity contribution in [2.45, 2.75) is 19.3 Å². The summed E-state index contributed by atoms with van der Waals surface area (Å²) in [7, 11) is 0. The molecule has 6 nitrogen and oxygen atoms in total. The smallest absolute Gasteiger partial charge is 0.224 e. The predicted octanol–water partition coefficient (Wildman–Crippen LogP) is 1.56. The molecule has 0 fully saturated rings. The van der Waals surface area contributed by atoms with Gasteiger partial charge in [0.25, 0.3) is 0 Å². The summed E-state index contributed by atoms with van der Waals surface area (Å²) in [6.45, 7) is 2.23. The molecule has 0 aliphatic carbocycles. The highest BCUT2D eigenvalue weighted by molar-refractivity contribution is 9.10. The molecular weight excluding hydrogens is 329 g/mol. The Morgan fingerprint density at radius 1 is 1.55 bits per heavy atom. The van der Waals surface area contributed by atoms with E-state index in [1.165, 1.54) is 6.07 Å². The zero-order valence-corrected chi connectivity index (χ0v) is 12.3. The van der Waals surface area contributed by atoms with Crippen molar-refractivity contribution in [2.75, 3.05) is 6.54 Å². The summed E-state index contributed by atoms with van der Waals surface area (Å²) >= 11 is 3.25. The molecule has 0 unspecified atom stereocenters. The second-order valence-corrected chi connectivity index (χ2v) is 5.30. The molecule has 2 aromatic rings. The summed E-state index contributed by atoms with van der Waals surface area (Å²) in [5.41, 5.74) is 0.351. The van der Waals surface area contributed by atoms with E-state index in [4.69, 9.17) is 0 Å². The number of hydrogen-bond donors (Lipinski definition) is 2. The number of amides is 1. The number of hydrogen-bond acceptors (Lipinski definition) is 4. The number of tetrazole rings is 1. The van der Waals surface area contributed by atoms with Crippen LogP contribution in [0.1, 0.15) is 24.2 Å². The number of carbonyl (C=O) groups is 1. The zero-order chi connectivity index (χ0) is 14.5. The van der Waals surface area contributed by atoms with Gasteiger partial charge in [-0.3, -0.25) is 4.79 Å². The number of H-pyrrole nitrogens is 1. The van der Waals surface area contributed by atoms with Gasteiger partial charge in [0.2, 0.25) is 5.91 Å². The summed E-state index contributed by atoms with van der Waals surface area (Å²) in [6, 6.07) is 4.52. The second kappa shape index (κ2) is 6.56. The first-order valence-corrected chi connectivity index (χ1v) is 6.79. The third-order valence-corrected chi connectivity index (χ3v) is 3.26. The average molecular weight is 342 g/mol. The number of carbonyl (C=O) groups excluding carboxylic acids is 1. The molecule has 0 spiro atoms. The van der Waals surface area contributed by atoms with Crippen LogP contribution in [0.3, 0.4) is 0 Å². The van der Waals surface area contributed by atoms with Crippen molar-refractivity contribution in [1.82, 2.24) is 25.9 Å². The molecule has 2 rings (SSSR count). The lowest BCUT2D eigenvalue weighted by atomic mass is 10.1. The fourth-order valence-corrected chi connectivity index (χ4v) is 2.06. The molecule has 0 radical (unpaired) electrons. The van der Waals surface area contributed by atoms with Gasteiger partial charge in [0.1, 0.15) is 5.82 Å². The molecular formula is C12H13BrFN5O. The predicted molar refractivity (Wildman–Crippen MR) is 73.4 cm³/mol. The number of aromatic amines is 1. The molecule has 1 heterocycles. The van der Waals surface area contributed by atoms with Gasteiger partial charge in [0, 0.05) is 16.9 Å². The van der Waals surface area contributed by atoms with Crippen molar-refractivity contribution in [3.8, 4) is 0 Å². The minimum Gasteiger partial charge on any atom is -0.355 e. The van der Waals surface area contributed by atoms with Crippen molar-refractivity contribution in [2.24, 2.45) is 0 Å². The molecule has 1 aromatic heterocycles. The van der Waals surface area contributed by atoms with Crippen LogP contribution >= 0.6 is 15.9 Å². The van der Waals surface area contributed by atoms with E-state index in [9.17, 15) is 9.18 Å². The molecule has 1 amide bonds. The quantitative estimate of drug-likeness (QED) is 0.864. The van der Waals surface area contributed by atoms with Crippen LogP contribution < -0.4 is 5.32 Å². The van der Waals surface area contributed by atoms with Gasteiger partial charge in [0.15, 0.2) is 5.82 Å². The molecule has 0 aliphatic heterocycles. The third-order valence-electron chi connectivity index (χ3n) is 2.77. The van der Waals surface area contributed by atoms with Gasteiger partial charge >= 0.3 is 0 Å². The second-order valence-electron chi connectivity index (χ2n) is 4.39. The van der Waals surface area contributed by atoms with E-state index in [2.05, 4.69) is 41.9 Å². The molecule has 0 saturated carbocycles. The Labute approximate surface area is 123 Å². The fourth-order valence-electron chi connectivity index (χ4n) is 1.65. The van der Waals surface area contributed by atoms with Gasteiger partial charge < -0.3 is 5.32 Å². The molecule has 8 heteroatoms. The molecule has 20 heavy (non-hydrogen) atoms. The summed E-state index contributed by atoms with van der Waals surface area (Å²) in [4.78, 5) is 11.8. The van der Waals surface area contributed by atoms with Crippen LogP contribution in [0.25, 0.3) is 0 Å². The lowest BCUT2D eigenvalue weighted by Crippen LogP contribution is -2.29. The highest BCUT2D eigenvalue weighted by Gasteiger charge is 2.13. The highest BCUT2D eigenvalue weighted by Crippen LogP contribution is 2.16. The van der Waals surface area contributed by atoms with Crippen LogP contribution in [0.2, 0.25) is 0 Å². The molecule has 106 valence electrons. The number of benzene rings is 1. The Hall–Kier alpha value is -1.83. The lowest BCUT2D eigenvalue weighted by Gasteiger charge is -2.09. The summed E-state index contributed by atoms with van der Waals surface area (Å²) in [5.74, 6) is -0.184. The van der Waals surface area contributed by atoms with Gasteiger partial charge in [-0.05, 0) is 23.8 Å². The number of nitrogens with one attached hydrogen (secondary N) is 2. The van der Waals surface area contributed by atoms with Crippen LogP contribution in [0.4, 0.5) is 4.39 Å². The monoisotopic (exact) mass is 341 g/mol. The lowest BCUT2D eigenvalue weighted by molar-refractivity contribution is -0.120. The Bertz CT molecular complexity index is 590. The van der Waals surface area contributed by atoms with E-state index in [0.29, 0.717) is 17.9 Å². The maximum Gasteiger partial charge on any atom is 0.224 e. The van der Waals surface area contributed by atoms with Crippen LogP contribution in [0, 0.1) is 5.82 Å².